The Morgan fingerprint density at radius 2 is 1.59 bits per heavy atom. The molecule has 6 nitrogen and oxygen atoms in total. The first kappa shape index (κ1) is 22.5. The van der Waals surface area contributed by atoms with Crippen molar-refractivity contribution in [3.8, 4) is 21.8 Å². The minimum absolute atomic E-state index is 0.214. The number of benzene rings is 3. The van der Waals surface area contributed by atoms with Crippen molar-refractivity contribution in [2.24, 2.45) is 0 Å². The lowest BCUT2D eigenvalue weighted by Gasteiger charge is -2.15. The van der Waals surface area contributed by atoms with E-state index in [1.165, 1.54) is 16.4 Å². The van der Waals surface area contributed by atoms with Gasteiger partial charge in [0.25, 0.3) is 5.91 Å². The predicted octanol–water partition coefficient (Wildman–Crippen LogP) is 5.51. The lowest BCUT2D eigenvalue weighted by atomic mass is 10.1. The molecule has 1 aliphatic rings. The Labute approximate surface area is 203 Å². The minimum Gasteiger partial charge on any atom is -0.322 e. The molecule has 0 aliphatic carbocycles. The second-order valence-corrected chi connectivity index (χ2v) is 10.9. The van der Waals surface area contributed by atoms with E-state index in [1.807, 2.05) is 60.0 Å². The van der Waals surface area contributed by atoms with Crippen molar-refractivity contribution in [2.45, 2.75) is 17.7 Å². The van der Waals surface area contributed by atoms with Crippen molar-refractivity contribution in [1.29, 1.82) is 0 Å². The Morgan fingerprint density at radius 3 is 2.32 bits per heavy atom. The van der Waals surface area contributed by atoms with E-state index >= 15 is 0 Å². The molecule has 1 aliphatic heterocycles. The monoisotopic (exact) mass is 489 g/mol. The summed E-state index contributed by atoms with van der Waals surface area (Å²) in [5.74, 6) is -0.300. The highest BCUT2D eigenvalue weighted by Crippen LogP contribution is 2.30. The second-order valence-electron chi connectivity index (χ2n) is 8.07. The highest BCUT2D eigenvalue weighted by molar-refractivity contribution is 7.89. The number of sulfonamides is 1. The van der Waals surface area contributed by atoms with Gasteiger partial charge in [0, 0.05) is 40.8 Å². The number of carbonyl (C=O) groups is 1. The molecule has 1 aromatic heterocycles. The zero-order valence-corrected chi connectivity index (χ0v) is 20.0. The topological polar surface area (TPSA) is 79.4 Å². The van der Waals surface area contributed by atoms with Crippen molar-refractivity contribution in [2.75, 3.05) is 18.4 Å². The quantitative estimate of drug-likeness (QED) is 0.387. The van der Waals surface area contributed by atoms with Crippen LogP contribution < -0.4 is 5.32 Å². The summed E-state index contributed by atoms with van der Waals surface area (Å²) < 4.78 is 26.9. The number of nitrogens with one attached hydrogen (secondary N) is 1. The van der Waals surface area contributed by atoms with Crippen LogP contribution in [0.2, 0.25) is 0 Å². The number of hydrogen-bond donors (Lipinski definition) is 1. The molecule has 0 unspecified atom stereocenters. The summed E-state index contributed by atoms with van der Waals surface area (Å²) in [5.41, 5.74) is 3.86. The van der Waals surface area contributed by atoms with E-state index in [4.69, 9.17) is 4.98 Å². The maximum Gasteiger partial charge on any atom is 0.255 e. The molecule has 8 heteroatoms. The Morgan fingerprint density at radius 1 is 0.882 bits per heavy atom. The number of rotatable bonds is 6. The van der Waals surface area contributed by atoms with Gasteiger partial charge < -0.3 is 5.32 Å². The molecule has 1 amide bonds. The van der Waals surface area contributed by atoms with E-state index in [9.17, 15) is 13.2 Å². The van der Waals surface area contributed by atoms with Crippen molar-refractivity contribution < 1.29 is 13.2 Å². The summed E-state index contributed by atoms with van der Waals surface area (Å²) in [6.45, 7) is 1.10. The Hall–Kier alpha value is -3.33. The number of carbonyl (C=O) groups excluding carboxylic acids is 1. The minimum atomic E-state index is -3.50. The van der Waals surface area contributed by atoms with Crippen molar-refractivity contribution >= 4 is 33.0 Å². The fourth-order valence-electron chi connectivity index (χ4n) is 3.94. The molecule has 1 fully saturated rings. The predicted molar refractivity (Wildman–Crippen MR) is 135 cm³/mol. The fraction of sp³-hybridized carbons (Fsp3) is 0.154. The lowest BCUT2D eigenvalue weighted by molar-refractivity contribution is 0.102. The van der Waals surface area contributed by atoms with Crippen LogP contribution in [0.1, 0.15) is 23.2 Å². The van der Waals surface area contributed by atoms with Gasteiger partial charge >= 0.3 is 0 Å². The van der Waals surface area contributed by atoms with Crippen LogP contribution in [0, 0.1) is 0 Å². The SMILES string of the molecule is O=C(Nc1cccc(-c2csc(-c3ccccc3)n2)c1)c1ccc(S(=O)(=O)N2CCCC2)cc1. The largest absolute Gasteiger partial charge is 0.322 e. The molecule has 0 saturated carbocycles. The van der Waals surface area contributed by atoms with Crippen LogP contribution in [0.4, 0.5) is 5.69 Å². The molecule has 5 rings (SSSR count). The summed E-state index contributed by atoms with van der Waals surface area (Å²) >= 11 is 1.58. The summed E-state index contributed by atoms with van der Waals surface area (Å²) in [4.78, 5) is 17.7. The molecule has 0 atom stereocenters. The van der Waals surface area contributed by atoms with Gasteiger partial charge in [-0.15, -0.1) is 11.3 Å². The molecule has 2 heterocycles. The normalized spacial score (nSPS) is 14.2. The van der Waals surface area contributed by atoms with Crippen LogP contribution in [-0.4, -0.2) is 36.7 Å². The van der Waals surface area contributed by atoms with E-state index < -0.39 is 10.0 Å². The standard InChI is InChI=1S/C26H23N3O3S2/c30-25(19-11-13-23(14-12-19)34(31,32)29-15-4-5-16-29)27-22-10-6-9-21(17-22)24-18-33-26(28-24)20-7-2-1-3-8-20/h1-3,6-14,17-18H,4-5,15-16H2,(H,27,30). The first-order valence-electron chi connectivity index (χ1n) is 11.0. The number of amides is 1. The molecule has 34 heavy (non-hydrogen) atoms. The molecule has 1 saturated heterocycles. The summed E-state index contributed by atoms with van der Waals surface area (Å²) in [6, 6.07) is 23.6. The fourth-order valence-corrected chi connectivity index (χ4v) is 6.29. The van der Waals surface area contributed by atoms with Crippen LogP contribution in [0.15, 0.2) is 89.1 Å². The van der Waals surface area contributed by atoms with Crippen LogP contribution in [0.5, 0.6) is 0 Å². The average Bonchev–Trinajstić information content (AvgIpc) is 3.58. The van der Waals surface area contributed by atoms with Gasteiger partial charge in [0.15, 0.2) is 0 Å². The van der Waals surface area contributed by atoms with Gasteiger partial charge in [-0.2, -0.15) is 4.31 Å². The van der Waals surface area contributed by atoms with E-state index in [0.29, 0.717) is 24.3 Å². The van der Waals surface area contributed by atoms with Gasteiger partial charge in [-0.05, 0) is 49.2 Å². The van der Waals surface area contributed by atoms with Crippen molar-refractivity contribution in [3.05, 3.63) is 89.8 Å². The summed E-state index contributed by atoms with van der Waals surface area (Å²) in [7, 11) is -3.50. The van der Waals surface area contributed by atoms with Gasteiger partial charge in [0.1, 0.15) is 5.01 Å². The lowest BCUT2D eigenvalue weighted by Crippen LogP contribution is -2.27. The number of hydrogen-bond acceptors (Lipinski definition) is 5. The van der Waals surface area contributed by atoms with Crippen molar-refractivity contribution in [1.82, 2.24) is 9.29 Å². The molecular weight excluding hydrogens is 466 g/mol. The smallest absolute Gasteiger partial charge is 0.255 e. The molecule has 4 aromatic rings. The van der Waals surface area contributed by atoms with Gasteiger partial charge in [-0.25, -0.2) is 13.4 Å². The number of anilines is 1. The number of thiazole rings is 1. The first-order chi connectivity index (χ1) is 16.5. The van der Waals surface area contributed by atoms with Gasteiger partial charge in [-0.1, -0.05) is 42.5 Å². The molecular formula is C26H23N3O3S2. The van der Waals surface area contributed by atoms with Crippen LogP contribution in [0.25, 0.3) is 21.8 Å². The second kappa shape index (κ2) is 9.50. The highest BCUT2D eigenvalue weighted by Gasteiger charge is 2.27. The third kappa shape index (κ3) is 4.65. The maximum atomic E-state index is 12.8. The van der Waals surface area contributed by atoms with Crippen LogP contribution >= 0.6 is 11.3 Å². The van der Waals surface area contributed by atoms with Crippen LogP contribution in [-0.2, 0) is 10.0 Å². The van der Waals surface area contributed by atoms with Crippen molar-refractivity contribution in [3.63, 3.8) is 0 Å². The Kier molecular flexibility index (Phi) is 6.28. The molecule has 172 valence electrons. The van der Waals surface area contributed by atoms with E-state index in [1.54, 1.807) is 23.5 Å². The molecule has 0 bridgehead atoms. The molecule has 0 spiro atoms. The van der Waals surface area contributed by atoms with Crippen LogP contribution in [0.3, 0.4) is 0 Å². The zero-order valence-electron chi connectivity index (χ0n) is 18.3. The third-order valence-electron chi connectivity index (χ3n) is 5.76. The van der Waals surface area contributed by atoms with Gasteiger partial charge in [0.2, 0.25) is 10.0 Å². The highest BCUT2D eigenvalue weighted by atomic mass is 32.2. The summed E-state index contributed by atoms with van der Waals surface area (Å²) in [6.07, 6.45) is 1.76. The van der Waals surface area contributed by atoms with E-state index in [2.05, 4.69) is 5.32 Å². The molecule has 1 N–H and O–H groups in total. The Bertz CT molecular complexity index is 1410. The van der Waals surface area contributed by atoms with Gasteiger partial charge in [-0.3, -0.25) is 4.79 Å². The average molecular weight is 490 g/mol. The Balaban J connectivity index is 1.30. The van der Waals surface area contributed by atoms with E-state index in [-0.39, 0.29) is 10.8 Å². The molecule has 3 aromatic carbocycles. The van der Waals surface area contributed by atoms with Gasteiger partial charge in [0.05, 0.1) is 10.6 Å². The first-order valence-corrected chi connectivity index (χ1v) is 13.4. The number of aromatic nitrogens is 1. The van der Waals surface area contributed by atoms with E-state index in [0.717, 1.165) is 34.7 Å². The summed E-state index contributed by atoms with van der Waals surface area (Å²) in [5, 5.41) is 5.84. The zero-order chi connectivity index (χ0) is 23.5. The maximum absolute atomic E-state index is 12.8. The number of nitrogens with zero attached hydrogens (tertiary/aromatic N) is 2. The molecule has 0 radical (unpaired) electrons. The third-order valence-corrected chi connectivity index (χ3v) is 8.56.